The molecule has 1 saturated heterocycles. The Hall–Kier alpha value is -4.87. The number of carbonyl (C=O) groups excluding carboxylic acids is 4. The molecule has 1 aliphatic rings. The van der Waals surface area contributed by atoms with E-state index in [1.807, 2.05) is 0 Å². The van der Waals surface area contributed by atoms with Gasteiger partial charge in [0.15, 0.2) is 0 Å². The lowest BCUT2D eigenvalue weighted by molar-refractivity contribution is -0.121. The van der Waals surface area contributed by atoms with Crippen molar-refractivity contribution in [3.05, 3.63) is 118 Å². The minimum absolute atomic E-state index is 0.0167. The number of nitrogens with one attached hydrogen (secondary N) is 2. The first kappa shape index (κ1) is 31.6. The van der Waals surface area contributed by atoms with Crippen molar-refractivity contribution in [1.82, 2.24) is 5.32 Å². The molecule has 0 radical (unpaired) electrons. The van der Waals surface area contributed by atoms with E-state index in [-0.39, 0.29) is 23.9 Å². The zero-order chi connectivity index (χ0) is 31.9. The van der Waals surface area contributed by atoms with E-state index in [0.29, 0.717) is 34.0 Å². The molecule has 2 N–H and O–H groups in total. The molecule has 0 bridgehead atoms. The van der Waals surface area contributed by atoms with E-state index in [0.717, 1.165) is 9.37 Å². The summed E-state index contributed by atoms with van der Waals surface area (Å²) in [6, 6.07) is 27.6. The molecule has 1 atom stereocenters. The smallest absolute Gasteiger partial charge is 0.272 e. The van der Waals surface area contributed by atoms with E-state index < -0.39 is 17.1 Å². The minimum atomic E-state index is -0.567. The van der Waals surface area contributed by atoms with Crippen LogP contribution in [0.2, 0.25) is 0 Å². The van der Waals surface area contributed by atoms with Crippen molar-refractivity contribution in [2.45, 2.75) is 16.6 Å². The molecule has 1 fully saturated rings. The van der Waals surface area contributed by atoms with Crippen molar-refractivity contribution in [2.24, 2.45) is 0 Å². The number of rotatable bonds is 10. The molecule has 0 aliphatic carbocycles. The first-order chi connectivity index (χ1) is 21.7. The van der Waals surface area contributed by atoms with Crippen LogP contribution in [0.15, 0.2) is 112 Å². The van der Waals surface area contributed by atoms with Gasteiger partial charge in [-0.25, -0.2) is 4.90 Å². The molecule has 11 heteroatoms. The quantitative estimate of drug-likeness (QED) is 0.149. The summed E-state index contributed by atoms with van der Waals surface area (Å²) >= 11 is 4.65. The van der Waals surface area contributed by atoms with Gasteiger partial charge in [0.1, 0.15) is 17.2 Å². The molecule has 4 aromatic carbocycles. The fourth-order valence-corrected chi connectivity index (χ4v) is 5.91. The summed E-state index contributed by atoms with van der Waals surface area (Å²) in [6.45, 7) is 0. The molecule has 1 unspecified atom stereocenters. The molecule has 1 heterocycles. The number of halogens is 1. The molecule has 228 valence electrons. The average Bonchev–Trinajstić information content (AvgIpc) is 3.33. The fourth-order valence-electron chi connectivity index (χ4n) is 4.59. The molecule has 0 aromatic heterocycles. The normalized spacial score (nSPS) is 14.7. The Morgan fingerprint density at radius 2 is 1.62 bits per heavy atom. The van der Waals surface area contributed by atoms with Crippen molar-refractivity contribution >= 4 is 68.8 Å². The van der Waals surface area contributed by atoms with Crippen LogP contribution in [0.4, 0.5) is 11.4 Å². The van der Waals surface area contributed by atoms with Gasteiger partial charge in [-0.05, 0) is 84.9 Å². The maximum atomic E-state index is 13.5. The summed E-state index contributed by atoms with van der Waals surface area (Å²) in [5.41, 5.74) is 1.89. The zero-order valence-corrected chi connectivity index (χ0v) is 26.7. The predicted octanol–water partition coefficient (Wildman–Crippen LogP) is 6.30. The third-order valence-corrected chi connectivity index (χ3v) is 8.57. The lowest BCUT2D eigenvalue weighted by Gasteiger charge is -2.15. The number of ether oxygens (including phenoxy) is 2. The summed E-state index contributed by atoms with van der Waals surface area (Å²) in [6.07, 6.45) is 1.60. The number of hydrogen-bond donors (Lipinski definition) is 2. The number of thioether (sulfide) groups is 1. The molecular formula is C34H28BrN3O6S. The van der Waals surface area contributed by atoms with E-state index in [1.165, 1.54) is 37.0 Å². The van der Waals surface area contributed by atoms with Crippen molar-refractivity contribution in [3.63, 3.8) is 0 Å². The second-order valence-corrected chi connectivity index (χ2v) is 12.0. The maximum Gasteiger partial charge on any atom is 0.272 e. The molecule has 4 amide bonds. The minimum Gasteiger partial charge on any atom is -0.497 e. The van der Waals surface area contributed by atoms with Crippen LogP contribution in [0.3, 0.4) is 0 Å². The number of imide groups is 1. The van der Waals surface area contributed by atoms with Gasteiger partial charge in [-0.15, -0.1) is 11.8 Å². The van der Waals surface area contributed by atoms with Crippen molar-refractivity contribution in [3.8, 4) is 11.5 Å². The first-order valence-corrected chi connectivity index (χ1v) is 15.4. The number of methoxy groups -OCH3 is 2. The van der Waals surface area contributed by atoms with Gasteiger partial charge in [0, 0.05) is 32.6 Å². The van der Waals surface area contributed by atoms with Crippen LogP contribution >= 0.6 is 27.7 Å². The number of benzene rings is 4. The number of nitrogens with zero attached hydrogens (tertiary/aromatic N) is 1. The molecule has 9 nitrogen and oxygen atoms in total. The van der Waals surface area contributed by atoms with Crippen LogP contribution < -0.4 is 25.0 Å². The van der Waals surface area contributed by atoms with Gasteiger partial charge in [0.05, 0.1) is 25.2 Å². The Balaban J connectivity index is 1.32. The third-order valence-electron chi connectivity index (χ3n) is 6.85. The average molecular weight is 687 g/mol. The summed E-state index contributed by atoms with van der Waals surface area (Å²) in [5, 5.41) is 4.96. The Morgan fingerprint density at radius 1 is 0.911 bits per heavy atom. The second-order valence-electron chi connectivity index (χ2n) is 9.82. The highest BCUT2D eigenvalue weighted by atomic mass is 79.9. The highest BCUT2D eigenvalue weighted by Crippen LogP contribution is 2.35. The van der Waals surface area contributed by atoms with Crippen LogP contribution in [0, 0.1) is 0 Å². The van der Waals surface area contributed by atoms with Crippen LogP contribution in [-0.4, -0.2) is 43.1 Å². The Bertz CT molecular complexity index is 1760. The van der Waals surface area contributed by atoms with Gasteiger partial charge >= 0.3 is 0 Å². The van der Waals surface area contributed by atoms with Crippen LogP contribution in [0.5, 0.6) is 11.5 Å². The number of carbonyl (C=O) groups is 4. The lowest BCUT2D eigenvalue weighted by Crippen LogP contribution is -2.31. The Kier molecular flexibility index (Phi) is 10.0. The number of amides is 4. The molecule has 0 spiro atoms. The standard InChI is InChI=1S/C34H28BrN3O6S/c1-43-26-14-17-29(44-2)22(18-26)19-28(37-32(40)21-6-4-3-5-7-21)33(41)36-24-10-15-27(16-11-24)45-30-20-31(39)38(34(30)42)25-12-8-23(35)9-13-25/h3-19,30H,20H2,1-2H3,(H,36,41)(H,37,40)/b28-19-. The van der Waals surface area contributed by atoms with Crippen molar-refractivity contribution in [1.29, 1.82) is 0 Å². The first-order valence-electron chi connectivity index (χ1n) is 13.8. The van der Waals surface area contributed by atoms with Gasteiger partial charge in [0.2, 0.25) is 11.8 Å². The largest absolute Gasteiger partial charge is 0.497 e. The van der Waals surface area contributed by atoms with E-state index in [4.69, 9.17) is 9.47 Å². The summed E-state index contributed by atoms with van der Waals surface area (Å²) < 4.78 is 11.6. The Labute approximate surface area is 272 Å². The number of anilines is 2. The van der Waals surface area contributed by atoms with E-state index in [9.17, 15) is 19.2 Å². The molecule has 45 heavy (non-hydrogen) atoms. The topological polar surface area (TPSA) is 114 Å². The molecule has 0 saturated carbocycles. The van der Waals surface area contributed by atoms with Gasteiger partial charge < -0.3 is 20.1 Å². The SMILES string of the molecule is COc1ccc(OC)c(/C=C(\NC(=O)c2ccccc2)C(=O)Nc2ccc(SC3CC(=O)N(c4ccc(Br)cc4)C3=O)cc2)c1. The van der Waals surface area contributed by atoms with E-state index >= 15 is 0 Å². The molecule has 4 aromatic rings. The Morgan fingerprint density at radius 3 is 2.29 bits per heavy atom. The van der Waals surface area contributed by atoms with Crippen molar-refractivity contribution < 1.29 is 28.7 Å². The summed E-state index contributed by atoms with van der Waals surface area (Å²) in [4.78, 5) is 54.2. The van der Waals surface area contributed by atoms with Gasteiger partial charge in [-0.1, -0.05) is 34.1 Å². The summed E-state index contributed by atoms with van der Waals surface area (Å²) in [5.74, 6) is -0.526. The van der Waals surface area contributed by atoms with Crippen LogP contribution in [-0.2, 0) is 14.4 Å². The van der Waals surface area contributed by atoms with Crippen LogP contribution in [0.25, 0.3) is 6.08 Å². The van der Waals surface area contributed by atoms with Crippen LogP contribution in [0.1, 0.15) is 22.3 Å². The van der Waals surface area contributed by atoms with Gasteiger partial charge in [-0.2, -0.15) is 0 Å². The third kappa shape index (κ3) is 7.62. The lowest BCUT2D eigenvalue weighted by atomic mass is 10.1. The molecule has 1 aliphatic heterocycles. The van der Waals surface area contributed by atoms with E-state index in [2.05, 4.69) is 26.6 Å². The highest BCUT2D eigenvalue weighted by molar-refractivity contribution is 9.10. The zero-order valence-electron chi connectivity index (χ0n) is 24.3. The predicted molar refractivity (Wildman–Crippen MR) is 177 cm³/mol. The molecule has 5 rings (SSSR count). The molecular weight excluding hydrogens is 658 g/mol. The van der Waals surface area contributed by atoms with Gasteiger partial charge in [-0.3, -0.25) is 19.2 Å². The number of hydrogen-bond acceptors (Lipinski definition) is 7. The fraction of sp³-hybridized carbons (Fsp3) is 0.118. The monoisotopic (exact) mass is 685 g/mol. The van der Waals surface area contributed by atoms with E-state index in [1.54, 1.807) is 97.1 Å². The van der Waals surface area contributed by atoms with Gasteiger partial charge in [0.25, 0.3) is 11.8 Å². The second kappa shape index (κ2) is 14.3. The van der Waals surface area contributed by atoms with Crippen molar-refractivity contribution in [2.75, 3.05) is 24.4 Å². The highest BCUT2D eigenvalue weighted by Gasteiger charge is 2.40. The summed E-state index contributed by atoms with van der Waals surface area (Å²) in [7, 11) is 3.04. The maximum absolute atomic E-state index is 13.5.